The Morgan fingerprint density at radius 1 is 1.29 bits per heavy atom. The normalized spacial score (nSPS) is 6.93. The molecule has 0 rings (SSSR count). The van der Waals surface area contributed by atoms with E-state index in [4.69, 9.17) is 10.1 Å². The van der Waals surface area contributed by atoms with E-state index in [0.717, 1.165) is 7.05 Å². The van der Waals surface area contributed by atoms with Gasteiger partial charge in [0.25, 0.3) is 0 Å². The minimum Gasteiger partial charge on any atom is -0.466 e. The van der Waals surface area contributed by atoms with E-state index >= 15 is 0 Å². The summed E-state index contributed by atoms with van der Waals surface area (Å²) < 4.78 is 4.40. The van der Waals surface area contributed by atoms with E-state index < -0.39 is 4.92 Å². The van der Waals surface area contributed by atoms with Gasteiger partial charge in [-0.15, -0.1) is 0 Å². The molecule has 0 fully saturated rings. The highest BCUT2D eigenvalue weighted by Gasteiger charge is 1.81. The summed E-state index contributed by atoms with van der Waals surface area (Å²) in [4.78, 5) is 27.6. The molecular formula is C8H17NO5. The third-order valence-corrected chi connectivity index (χ3v) is 0.348. The van der Waals surface area contributed by atoms with Crippen LogP contribution in [0.2, 0.25) is 0 Å². The molecule has 0 N–H and O–H groups in total. The quantitative estimate of drug-likeness (QED) is 0.364. The van der Waals surface area contributed by atoms with E-state index in [2.05, 4.69) is 4.74 Å². The maximum Gasteiger partial charge on any atom is 0.302 e. The molecule has 0 aromatic carbocycles. The Balaban J connectivity index is -0.000000135. The van der Waals surface area contributed by atoms with Crippen LogP contribution in [0, 0.1) is 10.1 Å². The van der Waals surface area contributed by atoms with Crippen LogP contribution >= 0.6 is 0 Å². The fourth-order valence-electron chi connectivity index (χ4n) is 0.203. The summed E-state index contributed by atoms with van der Waals surface area (Å²) in [6.45, 7) is 6.71. The molecule has 6 heteroatoms. The maximum absolute atomic E-state index is 9.82. The lowest BCUT2D eigenvalue weighted by atomic mass is 10.6. The first-order valence-electron chi connectivity index (χ1n) is 3.92. The largest absolute Gasteiger partial charge is 0.466 e. The molecule has 0 aliphatic carbocycles. The first-order chi connectivity index (χ1) is 6.23. The summed E-state index contributed by atoms with van der Waals surface area (Å²) >= 11 is 0. The molecule has 84 valence electrons. The Hall–Kier alpha value is -1.46. The molecule has 0 radical (unpaired) electrons. The maximum atomic E-state index is 9.82. The number of Topliss-reactive ketones (excluding diaryl/α,β-unsaturated/α-hetero) is 1. The lowest BCUT2D eigenvalue weighted by Gasteiger charge is -1.89. The summed E-state index contributed by atoms with van der Waals surface area (Å²) in [5.41, 5.74) is 0. The van der Waals surface area contributed by atoms with Gasteiger partial charge in [0.2, 0.25) is 0 Å². The van der Waals surface area contributed by atoms with Crippen molar-refractivity contribution in [3.8, 4) is 0 Å². The Bertz CT molecular complexity index is 159. The molecule has 0 atom stereocenters. The molecule has 0 aromatic rings. The lowest BCUT2D eigenvalue weighted by Crippen LogP contribution is -1.95. The number of carbonyl (C=O) groups excluding carboxylic acids is 2. The summed E-state index contributed by atoms with van der Waals surface area (Å²) in [5.74, 6) is -0.0440. The predicted octanol–water partition coefficient (Wildman–Crippen LogP) is 1.06. The van der Waals surface area contributed by atoms with Gasteiger partial charge in [0, 0.05) is 11.8 Å². The van der Waals surface area contributed by atoms with E-state index in [1.165, 1.54) is 20.8 Å². The summed E-state index contributed by atoms with van der Waals surface area (Å²) in [6.07, 6.45) is 0. The molecular weight excluding hydrogens is 190 g/mol. The molecule has 0 unspecified atom stereocenters. The molecule has 0 aliphatic heterocycles. The zero-order valence-corrected chi connectivity index (χ0v) is 9.20. The Labute approximate surface area is 83.4 Å². The second kappa shape index (κ2) is 14.1. The smallest absolute Gasteiger partial charge is 0.302 e. The van der Waals surface area contributed by atoms with Crippen LogP contribution in [0.25, 0.3) is 0 Å². The summed E-state index contributed by atoms with van der Waals surface area (Å²) in [6, 6.07) is 0. The van der Waals surface area contributed by atoms with Crippen LogP contribution < -0.4 is 0 Å². The van der Waals surface area contributed by atoms with Crippen molar-refractivity contribution in [3.63, 3.8) is 0 Å². The molecule has 0 bridgehead atoms. The van der Waals surface area contributed by atoms with Gasteiger partial charge in [0.1, 0.15) is 5.78 Å². The molecule has 0 aromatic heterocycles. The summed E-state index contributed by atoms with van der Waals surface area (Å²) in [7, 11) is 0.889. The second-order valence-electron chi connectivity index (χ2n) is 2.27. The second-order valence-corrected chi connectivity index (χ2v) is 2.27. The molecule has 0 amide bonds. The molecule has 0 heterocycles. The first kappa shape index (κ1) is 18.3. The number of rotatable bonds is 1. The lowest BCUT2D eigenvalue weighted by molar-refractivity contribution is -0.445. The van der Waals surface area contributed by atoms with Gasteiger partial charge in [0.05, 0.1) is 6.61 Å². The van der Waals surface area contributed by atoms with Crippen molar-refractivity contribution < 1.29 is 19.2 Å². The van der Waals surface area contributed by atoms with Gasteiger partial charge in [0.15, 0.2) is 7.05 Å². The molecule has 0 aliphatic rings. The van der Waals surface area contributed by atoms with E-state index in [1.54, 1.807) is 6.92 Å². The number of hydrogen-bond donors (Lipinski definition) is 0. The van der Waals surface area contributed by atoms with E-state index in [0.29, 0.717) is 6.61 Å². The number of carbonyl (C=O) groups is 2. The van der Waals surface area contributed by atoms with Gasteiger partial charge in [-0.3, -0.25) is 14.9 Å². The average molecular weight is 207 g/mol. The standard InChI is InChI=1S/C4H8O2.C3H6O.CH3NO2/c1-3-6-4(2)5;1-3(2)4;1-2(3)4/h3H2,1-2H3;1-2H3;1H3. The van der Waals surface area contributed by atoms with Crippen LogP contribution in [-0.4, -0.2) is 30.3 Å². The average Bonchev–Trinajstić information content (AvgIpc) is 1.82. The zero-order chi connectivity index (χ0) is 12.1. The van der Waals surface area contributed by atoms with Gasteiger partial charge in [-0.05, 0) is 20.8 Å². The van der Waals surface area contributed by atoms with Gasteiger partial charge < -0.3 is 9.53 Å². The van der Waals surface area contributed by atoms with Crippen LogP contribution in [0.15, 0.2) is 0 Å². The van der Waals surface area contributed by atoms with Crippen LogP contribution in [0.5, 0.6) is 0 Å². The monoisotopic (exact) mass is 207 g/mol. The number of ether oxygens (including phenoxy) is 1. The third kappa shape index (κ3) is 404. The van der Waals surface area contributed by atoms with Crippen LogP contribution in [0.1, 0.15) is 27.7 Å². The van der Waals surface area contributed by atoms with E-state index in [9.17, 15) is 9.59 Å². The van der Waals surface area contributed by atoms with E-state index in [-0.39, 0.29) is 11.8 Å². The zero-order valence-electron chi connectivity index (χ0n) is 9.20. The molecule has 6 nitrogen and oxygen atoms in total. The minimum absolute atomic E-state index is 0.167. The van der Waals surface area contributed by atoms with Gasteiger partial charge in [-0.2, -0.15) is 0 Å². The van der Waals surface area contributed by atoms with Crippen molar-refractivity contribution in [2.24, 2.45) is 0 Å². The number of ketones is 1. The first-order valence-corrected chi connectivity index (χ1v) is 3.92. The SMILES string of the molecule is CC(C)=O.CCOC(C)=O.C[N+](=O)[O-]. The predicted molar refractivity (Wildman–Crippen MR) is 51.6 cm³/mol. The van der Waals surface area contributed by atoms with Crippen LogP contribution in [-0.2, 0) is 14.3 Å². The van der Waals surface area contributed by atoms with Crippen LogP contribution in [0.4, 0.5) is 0 Å². The number of hydrogen-bond acceptors (Lipinski definition) is 5. The number of nitro groups is 1. The summed E-state index contributed by atoms with van der Waals surface area (Å²) in [5, 5.41) is 8.81. The minimum atomic E-state index is -0.500. The number of nitrogens with zero attached hydrogens (tertiary/aromatic N) is 1. The van der Waals surface area contributed by atoms with Crippen molar-refractivity contribution in [1.82, 2.24) is 0 Å². The number of esters is 1. The van der Waals surface area contributed by atoms with Crippen molar-refractivity contribution >= 4 is 11.8 Å². The molecule has 0 saturated carbocycles. The van der Waals surface area contributed by atoms with Crippen LogP contribution in [0.3, 0.4) is 0 Å². The van der Waals surface area contributed by atoms with Crippen molar-refractivity contribution in [2.45, 2.75) is 27.7 Å². The molecule has 0 saturated heterocycles. The van der Waals surface area contributed by atoms with Gasteiger partial charge in [-0.25, -0.2) is 0 Å². The Morgan fingerprint density at radius 3 is 1.50 bits per heavy atom. The fourth-order valence-corrected chi connectivity index (χ4v) is 0.203. The van der Waals surface area contributed by atoms with E-state index in [1.807, 2.05) is 0 Å². The topological polar surface area (TPSA) is 86.5 Å². The highest BCUT2D eigenvalue weighted by atomic mass is 16.6. The van der Waals surface area contributed by atoms with Crippen molar-refractivity contribution in [1.29, 1.82) is 0 Å². The molecule has 14 heavy (non-hydrogen) atoms. The third-order valence-electron chi connectivity index (χ3n) is 0.348. The Kier molecular flexibility index (Phi) is 18.5. The van der Waals surface area contributed by atoms with Gasteiger partial charge >= 0.3 is 5.97 Å². The highest BCUT2D eigenvalue weighted by molar-refractivity contribution is 5.72. The highest BCUT2D eigenvalue weighted by Crippen LogP contribution is 1.69. The molecule has 0 spiro atoms. The van der Waals surface area contributed by atoms with Gasteiger partial charge in [-0.1, -0.05) is 0 Å². The van der Waals surface area contributed by atoms with Crippen molar-refractivity contribution in [3.05, 3.63) is 10.1 Å². The Morgan fingerprint density at radius 2 is 1.50 bits per heavy atom. The fraction of sp³-hybridized carbons (Fsp3) is 0.750. The van der Waals surface area contributed by atoms with Crippen molar-refractivity contribution in [2.75, 3.05) is 13.7 Å².